The predicted octanol–water partition coefficient (Wildman–Crippen LogP) is 1.10. The maximum atomic E-state index is 10.3. The Labute approximate surface area is 80.2 Å². The lowest BCUT2D eigenvalue weighted by Gasteiger charge is -2.08. The SMILES string of the molecule is COc1ccccc1OOP(=O)(O)O. The van der Waals surface area contributed by atoms with Crippen molar-refractivity contribution in [2.24, 2.45) is 0 Å². The first-order chi connectivity index (χ1) is 6.53. The van der Waals surface area contributed by atoms with E-state index in [4.69, 9.17) is 14.5 Å². The lowest BCUT2D eigenvalue weighted by atomic mass is 10.3. The van der Waals surface area contributed by atoms with Crippen LogP contribution in [0.5, 0.6) is 11.5 Å². The third-order valence-corrected chi connectivity index (χ3v) is 1.56. The maximum absolute atomic E-state index is 10.3. The molecule has 2 N–H and O–H groups in total. The largest absolute Gasteiger partial charge is 0.505 e. The highest BCUT2D eigenvalue weighted by Gasteiger charge is 2.17. The number of hydrogen-bond donors (Lipinski definition) is 2. The summed E-state index contributed by atoms with van der Waals surface area (Å²) in [5, 5.41) is 0. The number of ether oxygens (including phenoxy) is 1. The maximum Gasteiger partial charge on any atom is 0.505 e. The molecule has 1 aromatic carbocycles. The van der Waals surface area contributed by atoms with Gasteiger partial charge in [0.2, 0.25) is 5.75 Å². The van der Waals surface area contributed by atoms with Crippen molar-refractivity contribution in [2.45, 2.75) is 0 Å². The quantitative estimate of drug-likeness (QED) is 0.449. The van der Waals surface area contributed by atoms with E-state index in [0.29, 0.717) is 5.75 Å². The summed E-state index contributed by atoms with van der Waals surface area (Å²) in [7, 11) is -3.24. The van der Waals surface area contributed by atoms with Crippen LogP contribution in [0.2, 0.25) is 0 Å². The first kappa shape index (κ1) is 11.0. The van der Waals surface area contributed by atoms with E-state index in [2.05, 4.69) is 9.56 Å². The van der Waals surface area contributed by atoms with Gasteiger partial charge in [0, 0.05) is 0 Å². The average molecular weight is 220 g/mol. The van der Waals surface area contributed by atoms with Crippen LogP contribution in [0.1, 0.15) is 0 Å². The Morgan fingerprint density at radius 3 is 2.29 bits per heavy atom. The zero-order valence-corrected chi connectivity index (χ0v) is 8.18. The summed E-state index contributed by atoms with van der Waals surface area (Å²) in [4.78, 5) is 21.1. The Hall–Kier alpha value is -1.07. The van der Waals surface area contributed by atoms with Crippen molar-refractivity contribution in [3.63, 3.8) is 0 Å². The van der Waals surface area contributed by atoms with Crippen LogP contribution in [0.3, 0.4) is 0 Å². The Morgan fingerprint density at radius 1 is 1.21 bits per heavy atom. The van der Waals surface area contributed by atoms with Gasteiger partial charge < -0.3 is 19.4 Å². The second-order valence-electron chi connectivity index (χ2n) is 2.30. The van der Waals surface area contributed by atoms with Crippen LogP contribution < -0.4 is 9.62 Å². The molecule has 0 aliphatic carbocycles. The summed E-state index contributed by atoms with van der Waals surface area (Å²) in [5.41, 5.74) is 0. The van der Waals surface area contributed by atoms with E-state index in [1.165, 1.54) is 13.2 Å². The van der Waals surface area contributed by atoms with E-state index in [1.54, 1.807) is 18.2 Å². The van der Waals surface area contributed by atoms with Crippen LogP contribution in [-0.2, 0) is 9.24 Å². The predicted molar refractivity (Wildman–Crippen MR) is 46.8 cm³/mol. The van der Waals surface area contributed by atoms with Gasteiger partial charge in [-0.25, -0.2) is 4.57 Å². The molecule has 1 aromatic rings. The van der Waals surface area contributed by atoms with E-state index < -0.39 is 7.82 Å². The zero-order valence-electron chi connectivity index (χ0n) is 7.28. The van der Waals surface area contributed by atoms with Crippen molar-refractivity contribution >= 4 is 7.82 Å². The minimum Gasteiger partial charge on any atom is -0.493 e. The highest BCUT2D eigenvalue weighted by atomic mass is 31.2. The second kappa shape index (κ2) is 4.43. The van der Waals surface area contributed by atoms with Gasteiger partial charge >= 0.3 is 7.82 Å². The molecular formula is C7H9O6P. The highest BCUT2D eigenvalue weighted by Crippen LogP contribution is 2.38. The molecule has 0 fully saturated rings. The third kappa shape index (κ3) is 3.35. The molecule has 0 saturated carbocycles. The van der Waals surface area contributed by atoms with Gasteiger partial charge in [-0.1, -0.05) is 16.8 Å². The fraction of sp³-hybridized carbons (Fsp3) is 0.143. The van der Waals surface area contributed by atoms with Gasteiger partial charge in [-0.05, 0) is 12.1 Å². The van der Waals surface area contributed by atoms with Gasteiger partial charge in [-0.15, -0.1) is 0 Å². The topological polar surface area (TPSA) is 85.2 Å². The standard InChI is InChI=1S/C7H9O6P/c1-11-6-4-2-3-5-7(6)12-13-14(8,9)10/h2-5H,1H3,(H2,8,9,10). The smallest absolute Gasteiger partial charge is 0.493 e. The number of rotatable bonds is 4. The molecule has 0 aromatic heterocycles. The van der Waals surface area contributed by atoms with Crippen molar-refractivity contribution < 1.29 is 28.7 Å². The van der Waals surface area contributed by atoms with Crippen molar-refractivity contribution in [2.75, 3.05) is 7.11 Å². The van der Waals surface area contributed by atoms with E-state index in [1.807, 2.05) is 0 Å². The Kier molecular flexibility index (Phi) is 3.49. The molecule has 6 nitrogen and oxygen atoms in total. The van der Waals surface area contributed by atoms with Crippen LogP contribution in [0.25, 0.3) is 0 Å². The summed E-state index contributed by atoms with van der Waals surface area (Å²) in [6.45, 7) is 0. The van der Waals surface area contributed by atoms with Gasteiger partial charge in [0.25, 0.3) is 0 Å². The molecule has 0 heterocycles. The van der Waals surface area contributed by atoms with Crippen LogP contribution >= 0.6 is 7.82 Å². The van der Waals surface area contributed by atoms with E-state index in [9.17, 15) is 4.57 Å². The molecule has 7 heteroatoms. The van der Waals surface area contributed by atoms with Gasteiger partial charge in [0.15, 0.2) is 5.75 Å². The van der Waals surface area contributed by atoms with E-state index in [0.717, 1.165) is 0 Å². The number of methoxy groups -OCH3 is 1. The molecule has 0 bridgehead atoms. The highest BCUT2D eigenvalue weighted by molar-refractivity contribution is 7.46. The molecule has 0 spiro atoms. The van der Waals surface area contributed by atoms with Crippen LogP contribution in [0.4, 0.5) is 0 Å². The number of benzene rings is 1. The summed E-state index contributed by atoms with van der Waals surface area (Å²) >= 11 is 0. The van der Waals surface area contributed by atoms with E-state index in [-0.39, 0.29) is 5.75 Å². The fourth-order valence-corrected chi connectivity index (χ4v) is 0.954. The van der Waals surface area contributed by atoms with Gasteiger partial charge in [-0.3, -0.25) is 0 Å². The Balaban J connectivity index is 2.71. The van der Waals surface area contributed by atoms with Gasteiger partial charge in [-0.2, -0.15) is 0 Å². The Bertz CT molecular complexity index is 346. The molecule has 0 radical (unpaired) electrons. The van der Waals surface area contributed by atoms with Crippen LogP contribution in [0.15, 0.2) is 24.3 Å². The lowest BCUT2D eigenvalue weighted by Crippen LogP contribution is -1.96. The third-order valence-electron chi connectivity index (χ3n) is 1.29. The summed E-state index contributed by atoms with van der Waals surface area (Å²) in [6, 6.07) is 6.32. The normalized spacial score (nSPS) is 11.1. The molecule has 0 amide bonds. The van der Waals surface area contributed by atoms with Crippen molar-refractivity contribution in [3.05, 3.63) is 24.3 Å². The first-order valence-electron chi connectivity index (χ1n) is 3.58. The lowest BCUT2D eigenvalue weighted by molar-refractivity contribution is -0.124. The molecule has 78 valence electrons. The molecule has 0 aliphatic heterocycles. The Morgan fingerprint density at radius 2 is 1.79 bits per heavy atom. The average Bonchev–Trinajstić information content (AvgIpc) is 2.14. The molecule has 0 atom stereocenters. The minimum absolute atomic E-state index is 0.0957. The minimum atomic E-state index is -4.64. The second-order valence-corrected chi connectivity index (χ2v) is 3.43. The molecule has 0 aliphatic rings. The van der Waals surface area contributed by atoms with Gasteiger partial charge in [0.05, 0.1) is 7.11 Å². The van der Waals surface area contributed by atoms with Crippen molar-refractivity contribution in [3.8, 4) is 11.5 Å². The monoisotopic (exact) mass is 220 g/mol. The molecule has 0 unspecified atom stereocenters. The van der Waals surface area contributed by atoms with Crippen LogP contribution in [-0.4, -0.2) is 16.9 Å². The fourth-order valence-electron chi connectivity index (χ4n) is 0.776. The first-order valence-corrected chi connectivity index (χ1v) is 5.11. The molecule has 1 rings (SSSR count). The molecular weight excluding hydrogens is 211 g/mol. The molecule has 0 saturated heterocycles. The summed E-state index contributed by atoms with van der Waals surface area (Å²) < 4.78 is 19.0. The van der Waals surface area contributed by atoms with Crippen molar-refractivity contribution in [1.82, 2.24) is 0 Å². The summed E-state index contributed by atoms with van der Waals surface area (Å²) in [5.74, 6) is 0.416. The van der Waals surface area contributed by atoms with Crippen molar-refractivity contribution in [1.29, 1.82) is 0 Å². The number of phosphoric acid groups is 1. The number of hydrogen-bond acceptors (Lipinski definition) is 4. The van der Waals surface area contributed by atoms with E-state index >= 15 is 0 Å². The summed E-state index contributed by atoms with van der Waals surface area (Å²) in [6.07, 6.45) is 0. The van der Waals surface area contributed by atoms with Crippen LogP contribution in [0, 0.1) is 0 Å². The zero-order chi connectivity index (χ0) is 10.6. The number of para-hydroxylation sites is 2. The molecule has 14 heavy (non-hydrogen) atoms. The van der Waals surface area contributed by atoms with Gasteiger partial charge in [0.1, 0.15) is 0 Å².